The van der Waals surface area contributed by atoms with Gasteiger partial charge in [0.25, 0.3) is 5.56 Å². The van der Waals surface area contributed by atoms with Crippen molar-refractivity contribution in [3.8, 4) is 11.6 Å². The van der Waals surface area contributed by atoms with E-state index in [0.29, 0.717) is 5.70 Å². The second-order valence-electron chi connectivity index (χ2n) is 6.05. The number of aromatic hydroxyl groups is 1. The van der Waals surface area contributed by atoms with Crippen LogP contribution in [0.15, 0.2) is 68.8 Å². The van der Waals surface area contributed by atoms with Crippen LogP contribution < -0.4 is 26.9 Å². The first-order valence-electron chi connectivity index (χ1n) is 8.21. The van der Waals surface area contributed by atoms with Crippen molar-refractivity contribution in [1.82, 2.24) is 9.55 Å². The second kappa shape index (κ2) is 6.51. The zero-order chi connectivity index (χ0) is 19.8. The number of hydrogen-bond acceptors (Lipinski definition) is 6. The highest BCUT2D eigenvalue weighted by Gasteiger charge is 2.15. The van der Waals surface area contributed by atoms with E-state index in [1.807, 2.05) is 24.3 Å². The Balaban J connectivity index is 1.87. The molecule has 0 radical (unpaired) electrons. The fourth-order valence-corrected chi connectivity index (χ4v) is 2.92. The fourth-order valence-electron chi connectivity index (χ4n) is 2.92. The van der Waals surface area contributed by atoms with Gasteiger partial charge in [0.2, 0.25) is 5.88 Å². The molecule has 0 saturated carbocycles. The maximum Gasteiger partial charge on any atom is 0.335 e. The van der Waals surface area contributed by atoms with E-state index >= 15 is 0 Å². The van der Waals surface area contributed by atoms with Crippen molar-refractivity contribution in [2.45, 2.75) is 0 Å². The first-order valence-corrected chi connectivity index (χ1v) is 8.21. The maximum atomic E-state index is 12.2. The summed E-state index contributed by atoms with van der Waals surface area (Å²) in [5.74, 6) is -1.95. The van der Waals surface area contributed by atoms with Crippen LogP contribution in [0, 0.1) is 0 Å². The zero-order valence-corrected chi connectivity index (χ0v) is 14.2. The zero-order valence-electron chi connectivity index (χ0n) is 14.2. The molecule has 8 nitrogen and oxygen atoms in total. The molecule has 4 rings (SSSR count). The normalized spacial score (nSPS) is 13.6. The van der Waals surface area contributed by atoms with Crippen molar-refractivity contribution in [3.05, 3.63) is 96.8 Å². The molecule has 1 aliphatic rings. The van der Waals surface area contributed by atoms with Gasteiger partial charge < -0.3 is 15.0 Å². The molecule has 0 aliphatic carbocycles. The molecule has 2 heterocycles. The number of aromatic amines is 1. The van der Waals surface area contributed by atoms with Gasteiger partial charge >= 0.3 is 5.69 Å². The van der Waals surface area contributed by atoms with E-state index < -0.39 is 23.1 Å². The van der Waals surface area contributed by atoms with Crippen molar-refractivity contribution in [1.29, 1.82) is 0 Å². The van der Waals surface area contributed by atoms with E-state index in [4.69, 9.17) is 0 Å². The SMILES string of the molecule is O=C([O-])c1ccc(-n2c(O)c(/C=C3\C=c4ccccc4=N3)c(=O)[nH]c2=O)cc1. The Morgan fingerprint density at radius 3 is 2.50 bits per heavy atom. The van der Waals surface area contributed by atoms with Crippen LogP contribution in [0.25, 0.3) is 17.8 Å². The van der Waals surface area contributed by atoms with Crippen LogP contribution in [-0.4, -0.2) is 20.6 Å². The number of nitrogens with zero attached hydrogens (tertiary/aromatic N) is 2. The largest absolute Gasteiger partial charge is 0.545 e. The number of carboxylic acid groups (broad SMARTS) is 1. The molecule has 0 atom stereocenters. The molecule has 1 aromatic heterocycles. The Morgan fingerprint density at radius 1 is 1.11 bits per heavy atom. The van der Waals surface area contributed by atoms with E-state index in [1.54, 1.807) is 6.08 Å². The molecular formula is C20H12N3O5-. The minimum absolute atomic E-state index is 0.0832. The number of benzene rings is 2. The number of hydrogen-bond donors (Lipinski definition) is 2. The topological polar surface area (TPSA) is 128 Å². The average molecular weight is 374 g/mol. The number of carbonyl (C=O) groups is 1. The minimum Gasteiger partial charge on any atom is -0.545 e. The number of aromatic nitrogens is 2. The van der Waals surface area contributed by atoms with Gasteiger partial charge in [-0.05, 0) is 35.9 Å². The van der Waals surface area contributed by atoms with E-state index in [2.05, 4.69) is 9.98 Å². The van der Waals surface area contributed by atoms with Gasteiger partial charge in [-0.2, -0.15) is 0 Å². The molecule has 0 saturated heterocycles. The lowest BCUT2D eigenvalue weighted by Gasteiger charge is -2.11. The molecule has 2 N–H and O–H groups in total. The van der Waals surface area contributed by atoms with Crippen LogP contribution in [0.5, 0.6) is 5.88 Å². The number of fused-ring (bicyclic) bond motifs is 1. The highest BCUT2D eigenvalue weighted by molar-refractivity contribution is 5.86. The molecule has 0 unspecified atom stereocenters. The number of nitrogens with one attached hydrogen (secondary N) is 1. The van der Waals surface area contributed by atoms with Crippen LogP contribution in [0.2, 0.25) is 0 Å². The third-order valence-electron chi connectivity index (χ3n) is 4.26. The van der Waals surface area contributed by atoms with Crippen molar-refractivity contribution in [2.75, 3.05) is 0 Å². The number of carbonyl (C=O) groups excluding carboxylic acids is 1. The number of aromatic carboxylic acids is 1. The van der Waals surface area contributed by atoms with Gasteiger partial charge in [0.05, 0.1) is 22.7 Å². The van der Waals surface area contributed by atoms with Crippen molar-refractivity contribution in [2.24, 2.45) is 4.99 Å². The first-order chi connectivity index (χ1) is 13.4. The second-order valence-corrected chi connectivity index (χ2v) is 6.05. The molecule has 8 heteroatoms. The molecule has 1 aliphatic heterocycles. The molecular weight excluding hydrogens is 362 g/mol. The third kappa shape index (κ3) is 2.92. The smallest absolute Gasteiger partial charge is 0.335 e. The van der Waals surface area contributed by atoms with Crippen molar-refractivity contribution >= 4 is 18.1 Å². The minimum atomic E-state index is -1.37. The van der Waals surface area contributed by atoms with Crippen molar-refractivity contribution in [3.63, 3.8) is 0 Å². The summed E-state index contributed by atoms with van der Waals surface area (Å²) in [6, 6.07) is 12.5. The summed E-state index contributed by atoms with van der Waals surface area (Å²) in [4.78, 5) is 41.8. The average Bonchev–Trinajstić information content (AvgIpc) is 3.08. The predicted octanol–water partition coefficient (Wildman–Crippen LogP) is -0.950. The van der Waals surface area contributed by atoms with E-state index in [1.165, 1.54) is 30.3 Å². The Bertz CT molecular complexity index is 1340. The lowest BCUT2D eigenvalue weighted by atomic mass is 10.2. The molecule has 0 spiro atoms. The highest BCUT2D eigenvalue weighted by Crippen LogP contribution is 2.20. The molecule has 3 aromatic rings. The van der Waals surface area contributed by atoms with Gasteiger partial charge in [0.1, 0.15) is 5.56 Å². The molecule has 28 heavy (non-hydrogen) atoms. The van der Waals surface area contributed by atoms with Crippen LogP contribution in [0.3, 0.4) is 0 Å². The van der Waals surface area contributed by atoms with Crippen molar-refractivity contribution < 1.29 is 15.0 Å². The van der Waals surface area contributed by atoms with Gasteiger partial charge in [0, 0.05) is 5.22 Å². The number of H-pyrrole nitrogens is 1. The highest BCUT2D eigenvalue weighted by atomic mass is 16.4. The lowest BCUT2D eigenvalue weighted by molar-refractivity contribution is -0.255. The van der Waals surface area contributed by atoms with E-state index in [0.717, 1.165) is 15.1 Å². The summed E-state index contributed by atoms with van der Waals surface area (Å²) in [7, 11) is 0. The van der Waals surface area contributed by atoms with E-state index in [9.17, 15) is 24.6 Å². The Labute approximate surface area is 156 Å². The van der Waals surface area contributed by atoms with Gasteiger partial charge in [-0.25, -0.2) is 14.4 Å². The lowest BCUT2D eigenvalue weighted by Crippen LogP contribution is -2.30. The fraction of sp³-hybridized carbons (Fsp3) is 0. The molecule has 0 amide bonds. The maximum absolute atomic E-state index is 12.2. The number of para-hydroxylation sites is 1. The van der Waals surface area contributed by atoms with Crippen LogP contribution >= 0.6 is 0 Å². The molecule has 2 aromatic carbocycles. The standard InChI is InChI=1S/C20H13N3O5/c24-17-15(10-13-9-12-3-1-2-4-16(12)21-13)18(25)23(20(28)22-17)14-7-5-11(6-8-14)19(26)27/h1-10,25H,(H,26,27)(H,22,24,28)/p-1/b13-10+. The molecule has 138 valence electrons. The Kier molecular flexibility index (Phi) is 4.00. The van der Waals surface area contributed by atoms with Crippen LogP contribution in [-0.2, 0) is 0 Å². The van der Waals surface area contributed by atoms with Gasteiger partial charge in [0.15, 0.2) is 0 Å². The summed E-state index contributed by atoms with van der Waals surface area (Å²) in [5.41, 5.74) is -1.23. The van der Waals surface area contributed by atoms with Crippen LogP contribution in [0.4, 0.5) is 0 Å². The molecule has 0 bridgehead atoms. The molecule has 0 fully saturated rings. The number of carboxylic acids is 1. The Morgan fingerprint density at radius 2 is 1.82 bits per heavy atom. The summed E-state index contributed by atoms with van der Waals surface area (Å²) >= 11 is 0. The third-order valence-corrected chi connectivity index (χ3v) is 4.26. The number of allylic oxidation sites excluding steroid dienone is 1. The predicted molar refractivity (Wildman–Crippen MR) is 98.3 cm³/mol. The monoisotopic (exact) mass is 374 g/mol. The summed E-state index contributed by atoms with van der Waals surface area (Å²) in [6.45, 7) is 0. The first kappa shape index (κ1) is 17.2. The quantitative estimate of drug-likeness (QED) is 0.611. The Hall–Kier alpha value is -4.20. The van der Waals surface area contributed by atoms with E-state index in [-0.39, 0.29) is 16.8 Å². The van der Waals surface area contributed by atoms with Gasteiger partial charge in [-0.15, -0.1) is 0 Å². The van der Waals surface area contributed by atoms with Gasteiger partial charge in [-0.3, -0.25) is 9.78 Å². The number of rotatable bonds is 3. The van der Waals surface area contributed by atoms with Gasteiger partial charge in [-0.1, -0.05) is 30.3 Å². The van der Waals surface area contributed by atoms with Crippen LogP contribution in [0.1, 0.15) is 15.9 Å². The summed E-state index contributed by atoms with van der Waals surface area (Å²) in [6.07, 6.45) is 3.12. The summed E-state index contributed by atoms with van der Waals surface area (Å²) in [5, 5.41) is 23.0. The summed E-state index contributed by atoms with van der Waals surface area (Å²) < 4.78 is 0.870.